The Morgan fingerprint density at radius 3 is 2.15 bits per heavy atom. The van der Waals surface area contributed by atoms with Gasteiger partial charge in [0.2, 0.25) is 26.0 Å². The van der Waals surface area contributed by atoms with Gasteiger partial charge in [-0.2, -0.15) is 3.71 Å². The lowest BCUT2D eigenvalue weighted by atomic mass is 10.1. The number of carbonyl (C=O) groups is 1. The molecule has 34 heavy (non-hydrogen) atoms. The van der Waals surface area contributed by atoms with Crippen LogP contribution in [-0.4, -0.2) is 40.2 Å². The number of aromatic nitrogens is 1. The number of pyridine rings is 1. The SMILES string of the molecule is CS(=O)(=O)N(c1ccc(Nc2cc(NCc3ccccc3)c(CC(N)=O)cn2)cc1)S(C)(=O)=O. The van der Waals surface area contributed by atoms with E-state index in [4.69, 9.17) is 5.73 Å². The predicted octanol–water partition coefficient (Wildman–Crippen LogP) is 2.19. The number of hydrogen-bond donors (Lipinski definition) is 3. The molecule has 2 aromatic carbocycles. The average molecular weight is 504 g/mol. The van der Waals surface area contributed by atoms with Crippen LogP contribution in [0.15, 0.2) is 66.9 Å². The number of hydrogen-bond acceptors (Lipinski definition) is 8. The third-order valence-corrected chi connectivity index (χ3v) is 7.88. The highest BCUT2D eigenvalue weighted by Crippen LogP contribution is 2.26. The highest BCUT2D eigenvalue weighted by Gasteiger charge is 2.27. The van der Waals surface area contributed by atoms with Crippen molar-refractivity contribution in [1.29, 1.82) is 0 Å². The molecule has 0 unspecified atom stereocenters. The standard InChI is InChI=1S/C22H25N5O5S2/c1-33(29,30)27(34(2,31)32)19-10-8-18(9-11-19)26-22-13-20(17(15-25-22)12-21(23)28)24-14-16-6-4-3-5-7-16/h3-11,13,15H,12,14H2,1-2H3,(H2,23,28)(H2,24,25,26). The second-order valence-corrected chi connectivity index (χ2v) is 11.5. The zero-order chi connectivity index (χ0) is 24.9. The molecule has 4 N–H and O–H groups in total. The van der Waals surface area contributed by atoms with Crippen molar-refractivity contribution in [2.24, 2.45) is 5.73 Å². The molecule has 3 rings (SSSR count). The van der Waals surface area contributed by atoms with E-state index in [1.807, 2.05) is 30.3 Å². The van der Waals surface area contributed by atoms with Gasteiger partial charge in [0.25, 0.3) is 0 Å². The van der Waals surface area contributed by atoms with Crippen LogP contribution >= 0.6 is 0 Å². The molecule has 0 radical (unpaired) electrons. The van der Waals surface area contributed by atoms with Gasteiger partial charge in [0.05, 0.1) is 24.6 Å². The number of rotatable bonds is 10. The van der Waals surface area contributed by atoms with Gasteiger partial charge in [-0.15, -0.1) is 0 Å². The fourth-order valence-electron chi connectivity index (χ4n) is 3.28. The van der Waals surface area contributed by atoms with Crippen LogP contribution in [0.2, 0.25) is 0 Å². The predicted molar refractivity (Wildman–Crippen MR) is 133 cm³/mol. The number of carbonyl (C=O) groups excluding carboxylic acids is 1. The number of nitrogens with one attached hydrogen (secondary N) is 2. The zero-order valence-corrected chi connectivity index (χ0v) is 20.2. The molecule has 0 saturated carbocycles. The van der Waals surface area contributed by atoms with Crippen molar-refractivity contribution < 1.29 is 21.6 Å². The highest BCUT2D eigenvalue weighted by atomic mass is 32.3. The van der Waals surface area contributed by atoms with Crippen LogP contribution in [0.4, 0.5) is 22.9 Å². The molecule has 0 bridgehead atoms. The highest BCUT2D eigenvalue weighted by molar-refractivity contribution is 8.09. The van der Waals surface area contributed by atoms with Gasteiger partial charge in [-0.3, -0.25) is 4.79 Å². The van der Waals surface area contributed by atoms with E-state index in [2.05, 4.69) is 15.6 Å². The summed E-state index contributed by atoms with van der Waals surface area (Å²) in [6.45, 7) is 0.525. The van der Waals surface area contributed by atoms with Crippen LogP contribution in [0, 0.1) is 0 Å². The van der Waals surface area contributed by atoms with Crippen LogP contribution in [0.3, 0.4) is 0 Å². The van der Waals surface area contributed by atoms with E-state index in [9.17, 15) is 21.6 Å². The number of benzene rings is 2. The molecule has 0 aliphatic rings. The van der Waals surface area contributed by atoms with Crippen LogP contribution in [0.25, 0.3) is 0 Å². The van der Waals surface area contributed by atoms with Crippen molar-refractivity contribution >= 4 is 48.8 Å². The molecule has 0 atom stereocenters. The molecule has 3 aromatic rings. The summed E-state index contributed by atoms with van der Waals surface area (Å²) in [5.41, 5.74) is 8.27. The lowest BCUT2D eigenvalue weighted by Gasteiger charge is -2.20. The van der Waals surface area contributed by atoms with Crippen LogP contribution < -0.4 is 20.1 Å². The maximum Gasteiger partial charge on any atom is 0.245 e. The Labute approximate surface area is 198 Å². The van der Waals surface area contributed by atoms with Gasteiger partial charge in [-0.05, 0) is 29.8 Å². The number of sulfonamides is 2. The summed E-state index contributed by atoms with van der Waals surface area (Å²) < 4.78 is 48.1. The van der Waals surface area contributed by atoms with Crippen molar-refractivity contribution in [3.05, 3.63) is 78.0 Å². The number of amides is 1. The fourth-order valence-corrected chi connectivity index (χ4v) is 6.26. The molecule has 0 spiro atoms. The summed E-state index contributed by atoms with van der Waals surface area (Å²) in [4.78, 5) is 15.8. The van der Waals surface area contributed by atoms with Crippen molar-refractivity contribution in [3.8, 4) is 0 Å². The average Bonchev–Trinajstić information content (AvgIpc) is 2.73. The first-order chi connectivity index (χ1) is 15.9. The zero-order valence-electron chi connectivity index (χ0n) is 18.6. The molecule has 180 valence electrons. The monoisotopic (exact) mass is 503 g/mol. The normalized spacial score (nSPS) is 11.6. The second-order valence-electron chi connectivity index (χ2n) is 7.60. The van der Waals surface area contributed by atoms with E-state index in [0.717, 1.165) is 18.1 Å². The van der Waals surface area contributed by atoms with Crippen molar-refractivity contribution in [3.63, 3.8) is 0 Å². The minimum absolute atomic E-state index is 0.00877. The van der Waals surface area contributed by atoms with Gasteiger partial charge in [-0.25, -0.2) is 21.8 Å². The van der Waals surface area contributed by atoms with Gasteiger partial charge in [0, 0.05) is 35.7 Å². The number of primary amides is 1. The smallest absolute Gasteiger partial charge is 0.245 e. The summed E-state index contributed by atoms with van der Waals surface area (Å²) in [5, 5.41) is 6.37. The summed E-state index contributed by atoms with van der Waals surface area (Å²) >= 11 is 0. The van der Waals surface area contributed by atoms with Crippen molar-refractivity contribution in [1.82, 2.24) is 4.98 Å². The maximum absolute atomic E-state index is 11.9. The first-order valence-corrected chi connectivity index (χ1v) is 13.8. The Kier molecular flexibility index (Phi) is 7.42. The Morgan fingerprint density at radius 2 is 1.59 bits per heavy atom. The second kappa shape index (κ2) is 10.1. The van der Waals surface area contributed by atoms with E-state index < -0.39 is 26.0 Å². The Bertz CT molecular complexity index is 1340. The first kappa shape index (κ1) is 25.0. The van der Waals surface area contributed by atoms with Crippen LogP contribution in [-0.2, 0) is 37.8 Å². The topological polar surface area (TPSA) is 152 Å². The Balaban J connectivity index is 1.83. The molecule has 0 aliphatic heterocycles. The molecular weight excluding hydrogens is 478 g/mol. The largest absolute Gasteiger partial charge is 0.381 e. The van der Waals surface area contributed by atoms with Crippen LogP contribution in [0.5, 0.6) is 0 Å². The van der Waals surface area contributed by atoms with Crippen LogP contribution in [0.1, 0.15) is 11.1 Å². The van der Waals surface area contributed by atoms with E-state index in [1.54, 1.807) is 12.3 Å². The first-order valence-electron chi connectivity index (χ1n) is 10.1. The third-order valence-electron chi connectivity index (χ3n) is 4.63. The van der Waals surface area contributed by atoms with Gasteiger partial charge in [-0.1, -0.05) is 30.3 Å². The van der Waals surface area contributed by atoms with Gasteiger partial charge >= 0.3 is 0 Å². The number of nitrogens with two attached hydrogens (primary N) is 1. The summed E-state index contributed by atoms with van der Waals surface area (Å²) in [6, 6.07) is 17.3. The van der Waals surface area contributed by atoms with E-state index in [0.29, 0.717) is 33.0 Å². The fraction of sp³-hybridized carbons (Fsp3) is 0.182. The summed E-state index contributed by atoms with van der Waals surface area (Å²) in [7, 11) is -8.06. The van der Waals surface area contributed by atoms with Crippen molar-refractivity contribution in [2.45, 2.75) is 13.0 Å². The minimum atomic E-state index is -4.03. The molecule has 0 aliphatic carbocycles. The van der Waals surface area contributed by atoms with E-state index >= 15 is 0 Å². The van der Waals surface area contributed by atoms with Gasteiger partial charge < -0.3 is 16.4 Å². The minimum Gasteiger partial charge on any atom is -0.381 e. The molecule has 0 saturated heterocycles. The summed E-state index contributed by atoms with van der Waals surface area (Å²) in [5.74, 6) is -0.0261. The molecule has 0 fully saturated rings. The molecule has 10 nitrogen and oxygen atoms in total. The van der Waals surface area contributed by atoms with E-state index in [-0.39, 0.29) is 12.1 Å². The Morgan fingerprint density at radius 1 is 0.971 bits per heavy atom. The van der Waals surface area contributed by atoms with E-state index in [1.165, 1.54) is 24.3 Å². The maximum atomic E-state index is 11.9. The number of nitrogens with zero attached hydrogens (tertiary/aromatic N) is 2. The lowest BCUT2D eigenvalue weighted by Crippen LogP contribution is -2.35. The Hall–Kier alpha value is -3.64. The van der Waals surface area contributed by atoms with Crippen molar-refractivity contribution in [2.75, 3.05) is 26.9 Å². The molecule has 12 heteroatoms. The quantitative estimate of drug-likeness (QED) is 0.381. The van der Waals surface area contributed by atoms with Gasteiger partial charge in [0.15, 0.2) is 0 Å². The molecule has 1 aromatic heterocycles. The lowest BCUT2D eigenvalue weighted by molar-refractivity contribution is -0.117. The summed E-state index contributed by atoms with van der Waals surface area (Å²) in [6.07, 6.45) is 3.21. The number of anilines is 4. The molecule has 1 heterocycles. The molecule has 1 amide bonds. The van der Waals surface area contributed by atoms with Gasteiger partial charge in [0.1, 0.15) is 5.82 Å². The molecular formula is C22H25N5O5S2. The third kappa shape index (κ3) is 6.68.